The predicted molar refractivity (Wildman–Crippen MR) is 33.4 cm³/mol. The second-order valence-electron chi connectivity index (χ2n) is 1.92. The van der Waals surface area contributed by atoms with Gasteiger partial charge in [0.1, 0.15) is 6.20 Å². The fourth-order valence-electron chi connectivity index (χ4n) is 0.616. The molecule has 0 aliphatic carbocycles. The number of rotatable bonds is 3. The van der Waals surface area contributed by atoms with Crippen molar-refractivity contribution < 1.29 is 9.90 Å². The van der Waals surface area contributed by atoms with Gasteiger partial charge in [0.25, 0.3) is 0 Å². The molecule has 0 spiro atoms. The second-order valence-corrected chi connectivity index (χ2v) is 1.92. The third-order valence-electron chi connectivity index (χ3n) is 1.11. The Kier molecular flexibility index (Phi) is 2.04. The van der Waals surface area contributed by atoms with Crippen LogP contribution in [0, 0.1) is 6.20 Å². The summed E-state index contributed by atoms with van der Waals surface area (Å²) < 4.78 is 0. The number of aromatic amines is 1. The second kappa shape index (κ2) is 3.00. The lowest BCUT2D eigenvalue weighted by molar-refractivity contribution is -0.136. The predicted octanol–water partition coefficient (Wildman–Crippen LogP) is 0.227. The molecule has 0 aliphatic rings. The molecule has 2 N–H and O–H groups in total. The van der Waals surface area contributed by atoms with Gasteiger partial charge in [0.15, 0.2) is 0 Å². The van der Waals surface area contributed by atoms with Crippen molar-refractivity contribution in [2.24, 2.45) is 0 Å². The largest absolute Gasteiger partial charge is 0.481 e. The number of aliphatic carboxylic acids is 1. The maximum Gasteiger partial charge on any atom is 0.303 e. The van der Waals surface area contributed by atoms with E-state index in [2.05, 4.69) is 16.4 Å². The number of carboxylic acids is 1. The number of hydrogen-bond acceptors (Lipinski definition) is 2. The van der Waals surface area contributed by atoms with Crippen LogP contribution in [0.1, 0.15) is 12.0 Å². The van der Waals surface area contributed by atoms with Gasteiger partial charge in [-0.3, -0.25) is 9.89 Å². The summed E-state index contributed by atoms with van der Waals surface area (Å²) in [6, 6.07) is 0. The molecule has 0 fully saturated rings. The normalized spacial score (nSPS) is 9.60. The van der Waals surface area contributed by atoms with Crippen molar-refractivity contribution in [2.45, 2.75) is 12.8 Å². The van der Waals surface area contributed by atoms with E-state index in [9.17, 15) is 4.79 Å². The van der Waals surface area contributed by atoms with Crippen LogP contribution in [-0.2, 0) is 11.2 Å². The van der Waals surface area contributed by atoms with Crippen molar-refractivity contribution in [3.63, 3.8) is 0 Å². The standard InChI is InChI=1S/C6H7N2O2/c9-6(10)2-1-5-3-7-8-4-5/h3H,1-2H2,(H,7,8)(H,9,10). The van der Waals surface area contributed by atoms with Crippen LogP contribution in [0.3, 0.4) is 0 Å². The highest BCUT2D eigenvalue weighted by Crippen LogP contribution is 1.97. The molecule has 4 heteroatoms. The maximum atomic E-state index is 10.0. The molecule has 1 radical (unpaired) electrons. The van der Waals surface area contributed by atoms with Gasteiger partial charge < -0.3 is 5.11 Å². The Hall–Kier alpha value is -1.32. The molecule has 1 aromatic heterocycles. The number of nitrogens with zero attached hydrogens (tertiary/aromatic N) is 1. The van der Waals surface area contributed by atoms with Crippen LogP contribution < -0.4 is 0 Å². The van der Waals surface area contributed by atoms with E-state index in [1.54, 1.807) is 6.20 Å². The van der Waals surface area contributed by atoms with Gasteiger partial charge in [-0.1, -0.05) is 0 Å². The zero-order valence-electron chi connectivity index (χ0n) is 5.29. The lowest BCUT2D eigenvalue weighted by atomic mass is 10.2. The van der Waals surface area contributed by atoms with E-state index in [4.69, 9.17) is 5.11 Å². The Morgan fingerprint density at radius 1 is 1.90 bits per heavy atom. The minimum absolute atomic E-state index is 0.135. The number of H-pyrrole nitrogens is 1. The molecule has 0 amide bonds. The van der Waals surface area contributed by atoms with Crippen LogP contribution in [0.4, 0.5) is 0 Å². The zero-order chi connectivity index (χ0) is 7.40. The molecule has 0 saturated carbocycles. The first kappa shape index (κ1) is 6.80. The molecule has 0 aromatic carbocycles. The van der Waals surface area contributed by atoms with E-state index in [1.807, 2.05) is 0 Å². The molecule has 53 valence electrons. The third-order valence-corrected chi connectivity index (χ3v) is 1.11. The molecular formula is C6H7N2O2. The topological polar surface area (TPSA) is 66.0 Å². The number of carboxylic acid groups (broad SMARTS) is 1. The molecule has 1 rings (SSSR count). The average molecular weight is 139 g/mol. The van der Waals surface area contributed by atoms with Gasteiger partial charge in [-0.15, -0.1) is 0 Å². The van der Waals surface area contributed by atoms with Crippen molar-refractivity contribution in [2.75, 3.05) is 0 Å². The monoisotopic (exact) mass is 139 g/mol. The van der Waals surface area contributed by atoms with Crippen LogP contribution in [-0.4, -0.2) is 21.3 Å². The van der Waals surface area contributed by atoms with Crippen molar-refractivity contribution in [1.82, 2.24) is 10.2 Å². The summed E-state index contributed by atoms with van der Waals surface area (Å²) in [6.45, 7) is 0. The Bertz CT molecular complexity index is 206. The molecule has 4 nitrogen and oxygen atoms in total. The lowest BCUT2D eigenvalue weighted by Gasteiger charge is -1.88. The summed E-state index contributed by atoms with van der Waals surface area (Å²) in [7, 11) is 0. The van der Waals surface area contributed by atoms with Gasteiger partial charge in [0.2, 0.25) is 0 Å². The van der Waals surface area contributed by atoms with Gasteiger partial charge in [-0.25, -0.2) is 0 Å². The first-order chi connectivity index (χ1) is 4.79. The Morgan fingerprint density at radius 3 is 3.20 bits per heavy atom. The van der Waals surface area contributed by atoms with Crippen LogP contribution in [0.2, 0.25) is 0 Å². The minimum Gasteiger partial charge on any atom is -0.481 e. The highest BCUT2D eigenvalue weighted by molar-refractivity contribution is 5.66. The van der Waals surface area contributed by atoms with Crippen LogP contribution in [0.15, 0.2) is 6.20 Å². The van der Waals surface area contributed by atoms with Crippen LogP contribution in [0.5, 0.6) is 0 Å². The summed E-state index contributed by atoms with van der Waals surface area (Å²) in [4.78, 5) is 10.0. The molecule has 0 bridgehead atoms. The number of aryl methyl sites for hydroxylation is 1. The Labute approximate surface area is 57.9 Å². The number of carbonyl (C=O) groups is 1. The zero-order valence-corrected chi connectivity index (χ0v) is 5.29. The molecule has 1 heterocycles. The lowest BCUT2D eigenvalue weighted by Crippen LogP contribution is -1.96. The number of hydrogen-bond donors (Lipinski definition) is 2. The molecule has 0 aliphatic heterocycles. The summed E-state index contributed by atoms with van der Waals surface area (Å²) in [5.74, 6) is -0.797. The van der Waals surface area contributed by atoms with Gasteiger partial charge >= 0.3 is 5.97 Å². The van der Waals surface area contributed by atoms with E-state index in [-0.39, 0.29) is 6.42 Å². The Morgan fingerprint density at radius 2 is 2.70 bits per heavy atom. The third kappa shape index (κ3) is 1.89. The van der Waals surface area contributed by atoms with Crippen LogP contribution >= 0.6 is 0 Å². The summed E-state index contributed by atoms with van der Waals surface area (Å²) in [5, 5.41) is 14.4. The number of aromatic nitrogens is 2. The van der Waals surface area contributed by atoms with E-state index < -0.39 is 5.97 Å². The summed E-state index contributed by atoms with van der Waals surface area (Å²) in [6.07, 6.45) is 4.89. The highest BCUT2D eigenvalue weighted by atomic mass is 16.4. The average Bonchev–Trinajstić information content (AvgIpc) is 2.34. The number of nitrogens with one attached hydrogen (secondary N) is 1. The van der Waals surface area contributed by atoms with Gasteiger partial charge in [-0.2, -0.15) is 5.10 Å². The van der Waals surface area contributed by atoms with E-state index in [0.29, 0.717) is 6.42 Å². The molecule has 0 unspecified atom stereocenters. The molecule has 1 aromatic rings. The van der Waals surface area contributed by atoms with E-state index in [0.717, 1.165) is 5.56 Å². The van der Waals surface area contributed by atoms with Gasteiger partial charge in [0.05, 0.1) is 0 Å². The summed E-state index contributed by atoms with van der Waals surface area (Å²) in [5.41, 5.74) is 0.808. The first-order valence-corrected chi connectivity index (χ1v) is 2.91. The van der Waals surface area contributed by atoms with E-state index in [1.165, 1.54) is 0 Å². The highest BCUT2D eigenvalue weighted by Gasteiger charge is 1.98. The molecule has 0 atom stereocenters. The van der Waals surface area contributed by atoms with Crippen molar-refractivity contribution in [1.29, 1.82) is 0 Å². The molecule has 0 saturated heterocycles. The SMILES string of the molecule is O=C(O)CCc1[c]n[nH]c1. The first-order valence-electron chi connectivity index (χ1n) is 2.91. The maximum absolute atomic E-state index is 10.0. The Balaban J connectivity index is 2.35. The van der Waals surface area contributed by atoms with E-state index >= 15 is 0 Å². The van der Waals surface area contributed by atoms with Crippen molar-refractivity contribution >= 4 is 5.97 Å². The quantitative estimate of drug-likeness (QED) is 0.629. The molecule has 10 heavy (non-hydrogen) atoms. The van der Waals surface area contributed by atoms with Crippen molar-refractivity contribution in [3.05, 3.63) is 18.0 Å². The van der Waals surface area contributed by atoms with Gasteiger partial charge in [0, 0.05) is 18.2 Å². The van der Waals surface area contributed by atoms with Crippen LogP contribution in [0.25, 0.3) is 0 Å². The molecular weight excluding hydrogens is 132 g/mol. The fraction of sp³-hybridized carbons (Fsp3) is 0.333. The summed E-state index contributed by atoms with van der Waals surface area (Å²) >= 11 is 0. The van der Waals surface area contributed by atoms with Gasteiger partial charge in [-0.05, 0) is 6.42 Å². The smallest absolute Gasteiger partial charge is 0.303 e. The minimum atomic E-state index is -0.797. The fourth-order valence-corrected chi connectivity index (χ4v) is 0.616. The van der Waals surface area contributed by atoms with Crippen molar-refractivity contribution in [3.8, 4) is 0 Å².